The average molecular weight is 210 g/mol. The summed E-state index contributed by atoms with van der Waals surface area (Å²) in [5, 5.41) is 0. The molecule has 1 aliphatic carbocycles. The Bertz CT molecular complexity index is 205. The van der Waals surface area contributed by atoms with E-state index in [1.165, 1.54) is 32.1 Å². The van der Waals surface area contributed by atoms with Gasteiger partial charge in [-0.1, -0.05) is 27.7 Å². The van der Waals surface area contributed by atoms with E-state index in [-0.39, 0.29) is 0 Å². The molecule has 0 unspecified atom stereocenters. The topological polar surface area (TPSA) is 9.23 Å². The molecular weight excluding hydrogens is 184 g/mol. The average Bonchev–Trinajstić information content (AvgIpc) is 2.14. The van der Waals surface area contributed by atoms with Crippen molar-refractivity contribution < 1.29 is 4.74 Å². The minimum atomic E-state index is 0.298. The molecule has 0 aromatic rings. The molecule has 1 nitrogen and oxygen atoms in total. The Hall–Kier alpha value is -0.0400. The first-order chi connectivity index (χ1) is 7.01. The summed E-state index contributed by atoms with van der Waals surface area (Å²) in [4.78, 5) is 0. The molecule has 0 aromatic heterocycles. The first-order valence-corrected chi connectivity index (χ1v) is 6.65. The van der Waals surface area contributed by atoms with Gasteiger partial charge in [0.05, 0.1) is 5.60 Å². The fourth-order valence-corrected chi connectivity index (χ4v) is 3.82. The zero-order valence-electron chi connectivity index (χ0n) is 10.8. The van der Waals surface area contributed by atoms with Crippen LogP contribution in [-0.4, -0.2) is 12.2 Å². The Kier molecular flexibility index (Phi) is 2.87. The van der Waals surface area contributed by atoms with Gasteiger partial charge in [0.1, 0.15) is 0 Å². The predicted molar refractivity (Wildman–Crippen MR) is 63.9 cm³/mol. The van der Waals surface area contributed by atoms with Crippen LogP contribution >= 0.6 is 0 Å². The van der Waals surface area contributed by atoms with E-state index in [1.807, 2.05) is 0 Å². The largest absolute Gasteiger partial charge is 0.375 e. The zero-order chi connectivity index (χ0) is 11.1. The third-order valence-electron chi connectivity index (χ3n) is 5.04. The van der Waals surface area contributed by atoms with E-state index in [0.29, 0.717) is 11.0 Å². The molecule has 0 amide bonds. The summed E-state index contributed by atoms with van der Waals surface area (Å²) in [6, 6.07) is 0. The van der Waals surface area contributed by atoms with Gasteiger partial charge >= 0.3 is 0 Å². The van der Waals surface area contributed by atoms with Crippen molar-refractivity contribution in [2.75, 3.05) is 6.61 Å². The Morgan fingerprint density at radius 1 is 0.933 bits per heavy atom. The highest BCUT2D eigenvalue weighted by atomic mass is 16.5. The van der Waals surface area contributed by atoms with Gasteiger partial charge in [-0.2, -0.15) is 0 Å². The Labute approximate surface area is 94.6 Å². The van der Waals surface area contributed by atoms with Gasteiger partial charge < -0.3 is 4.74 Å². The molecule has 2 aliphatic rings. The van der Waals surface area contributed by atoms with Crippen molar-refractivity contribution >= 4 is 0 Å². The first kappa shape index (κ1) is 11.4. The lowest BCUT2D eigenvalue weighted by Crippen LogP contribution is -2.59. The van der Waals surface area contributed by atoms with Crippen molar-refractivity contribution in [2.45, 2.75) is 65.4 Å². The van der Waals surface area contributed by atoms with Gasteiger partial charge in [-0.15, -0.1) is 0 Å². The molecule has 1 heterocycles. The molecule has 15 heavy (non-hydrogen) atoms. The Morgan fingerprint density at radius 3 is 1.93 bits per heavy atom. The second-order valence-corrected chi connectivity index (χ2v) is 6.38. The summed E-state index contributed by atoms with van der Waals surface area (Å²) >= 11 is 0. The lowest BCUT2D eigenvalue weighted by Gasteiger charge is -2.61. The van der Waals surface area contributed by atoms with Crippen molar-refractivity contribution in [3.05, 3.63) is 0 Å². The number of rotatable bonds is 2. The smallest absolute Gasteiger partial charge is 0.0693 e. The third kappa shape index (κ3) is 1.73. The van der Waals surface area contributed by atoms with Gasteiger partial charge in [0, 0.05) is 6.61 Å². The second kappa shape index (κ2) is 3.76. The number of hydrogen-bond donors (Lipinski definition) is 0. The first-order valence-electron chi connectivity index (χ1n) is 6.65. The van der Waals surface area contributed by atoms with E-state index in [0.717, 1.165) is 18.4 Å². The molecule has 0 aromatic carbocycles. The summed E-state index contributed by atoms with van der Waals surface area (Å²) in [6.45, 7) is 10.5. The summed E-state index contributed by atoms with van der Waals surface area (Å²) in [5.41, 5.74) is 0.865. The highest BCUT2D eigenvalue weighted by Gasteiger charge is 2.58. The summed E-state index contributed by atoms with van der Waals surface area (Å²) in [6.07, 6.45) is 6.60. The van der Waals surface area contributed by atoms with Crippen LogP contribution in [-0.2, 0) is 4.74 Å². The standard InChI is InChI=1S/C14H26O/c1-11(2)14(12(3)4)9-13(10-14)7-5-6-8-15-13/h11-12H,5-10H2,1-4H3. The molecule has 1 saturated heterocycles. The minimum absolute atomic E-state index is 0.298. The van der Waals surface area contributed by atoms with Crippen molar-refractivity contribution in [2.24, 2.45) is 17.3 Å². The lowest BCUT2D eigenvalue weighted by molar-refractivity contribution is -0.217. The van der Waals surface area contributed by atoms with Crippen molar-refractivity contribution in [3.8, 4) is 0 Å². The van der Waals surface area contributed by atoms with Crippen LogP contribution in [0.1, 0.15) is 59.8 Å². The van der Waals surface area contributed by atoms with E-state index >= 15 is 0 Å². The van der Waals surface area contributed by atoms with Gasteiger partial charge in [-0.3, -0.25) is 0 Å². The minimum Gasteiger partial charge on any atom is -0.375 e. The number of ether oxygens (including phenoxy) is 1. The maximum atomic E-state index is 6.06. The van der Waals surface area contributed by atoms with Crippen LogP contribution in [0.15, 0.2) is 0 Å². The molecular formula is C14H26O. The van der Waals surface area contributed by atoms with Crippen LogP contribution in [0.4, 0.5) is 0 Å². The molecule has 1 saturated carbocycles. The molecule has 88 valence electrons. The highest BCUT2D eigenvalue weighted by molar-refractivity contribution is 5.08. The fourth-order valence-electron chi connectivity index (χ4n) is 3.82. The molecule has 0 radical (unpaired) electrons. The van der Waals surface area contributed by atoms with Crippen molar-refractivity contribution in [1.29, 1.82) is 0 Å². The number of hydrogen-bond acceptors (Lipinski definition) is 1. The molecule has 1 spiro atoms. The van der Waals surface area contributed by atoms with Crippen LogP contribution in [0.5, 0.6) is 0 Å². The molecule has 1 heteroatoms. The monoisotopic (exact) mass is 210 g/mol. The second-order valence-electron chi connectivity index (χ2n) is 6.38. The normalized spacial score (nSPS) is 28.4. The summed E-state index contributed by atoms with van der Waals surface area (Å²) in [5.74, 6) is 1.60. The quantitative estimate of drug-likeness (QED) is 0.669. The van der Waals surface area contributed by atoms with E-state index in [2.05, 4.69) is 27.7 Å². The molecule has 2 fully saturated rings. The SMILES string of the molecule is CC(C)C1(C(C)C)CC2(CCCCO2)C1. The Morgan fingerprint density at radius 2 is 1.53 bits per heavy atom. The van der Waals surface area contributed by atoms with Gasteiger partial charge in [0.2, 0.25) is 0 Å². The van der Waals surface area contributed by atoms with Gasteiger partial charge in [0.25, 0.3) is 0 Å². The van der Waals surface area contributed by atoms with E-state index in [4.69, 9.17) is 4.74 Å². The molecule has 0 atom stereocenters. The zero-order valence-corrected chi connectivity index (χ0v) is 10.8. The van der Waals surface area contributed by atoms with Crippen molar-refractivity contribution in [1.82, 2.24) is 0 Å². The predicted octanol–water partition coefficient (Wildman–Crippen LogP) is 4.02. The third-order valence-corrected chi connectivity index (χ3v) is 5.04. The lowest BCUT2D eigenvalue weighted by atomic mass is 9.48. The maximum Gasteiger partial charge on any atom is 0.0693 e. The summed E-state index contributed by atoms with van der Waals surface area (Å²) in [7, 11) is 0. The van der Waals surface area contributed by atoms with Crippen LogP contribution in [0.2, 0.25) is 0 Å². The molecule has 0 N–H and O–H groups in total. The van der Waals surface area contributed by atoms with Crippen LogP contribution in [0, 0.1) is 17.3 Å². The van der Waals surface area contributed by atoms with E-state index in [1.54, 1.807) is 0 Å². The fraction of sp³-hybridized carbons (Fsp3) is 1.00. The van der Waals surface area contributed by atoms with E-state index < -0.39 is 0 Å². The van der Waals surface area contributed by atoms with Crippen molar-refractivity contribution in [3.63, 3.8) is 0 Å². The van der Waals surface area contributed by atoms with Gasteiger partial charge in [-0.25, -0.2) is 0 Å². The highest BCUT2D eigenvalue weighted by Crippen LogP contribution is 2.61. The van der Waals surface area contributed by atoms with E-state index in [9.17, 15) is 0 Å². The van der Waals surface area contributed by atoms with Gasteiger partial charge in [-0.05, 0) is 49.4 Å². The maximum absolute atomic E-state index is 6.06. The molecule has 2 rings (SSSR count). The van der Waals surface area contributed by atoms with Crippen LogP contribution in [0.3, 0.4) is 0 Å². The van der Waals surface area contributed by atoms with Crippen LogP contribution in [0.25, 0.3) is 0 Å². The van der Waals surface area contributed by atoms with Gasteiger partial charge in [0.15, 0.2) is 0 Å². The molecule has 0 bridgehead atoms. The van der Waals surface area contributed by atoms with Crippen LogP contribution < -0.4 is 0 Å². The summed E-state index contributed by atoms with van der Waals surface area (Å²) < 4.78 is 6.06. The molecule has 1 aliphatic heterocycles. The Balaban J connectivity index is 2.04.